The zero-order valence-corrected chi connectivity index (χ0v) is 12.5. The van der Waals surface area contributed by atoms with E-state index in [4.69, 9.17) is 9.84 Å². The van der Waals surface area contributed by atoms with Crippen LogP contribution in [0.4, 0.5) is 24.5 Å². The van der Waals surface area contributed by atoms with Crippen molar-refractivity contribution in [3.8, 4) is 11.8 Å². The maximum absolute atomic E-state index is 14.1. The molecule has 24 heavy (non-hydrogen) atoms. The second-order valence-corrected chi connectivity index (χ2v) is 4.64. The number of rotatable bonds is 4. The van der Waals surface area contributed by atoms with Gasteiger partial charge in [0.1, 0.15) is 12.4 Å². The van der Waals surface area contributed by atoms with E-state index in [0.717, 1.165) is 12.1 Å². The minimum atomic E-state index is -1.47. The van der Waals surface area contributed by atoms with Crippen molar-refractivity contribution in [2.24, 2.45) is 0 Å². The molecule has 0 saturated carbocycles. The monoisotopic (exact) mass is 335 g/mol. The van der Waals surface area contributed by atoms with Crippen LogP contribution in [0.25, 0.3) is 0 Å². The van der Waals surface area contributed by atoms with Crippen LogP contribution in [0.5, 0.6) is 0 Å². The number of carboxylic acid groups (broad SMARTS) is 1. The maximum Gasteiger partial charge on any atom is 0.337 e. The van der Waals surface area contributed by atoms with Crippen molar-refractivity contribution in [2.75, 3.05) is 19.0 Å². The van der Waals surface area contributed by atoms with E-state index in [1.54, 1.807) is 0 Å². The fraction of sp³-hybridized carbons (Fsp3) is 0.118. The number of methoxy groups -OCH3 is 1. The Hall–Kier alpha value is -2.98. The molecule has 0 heterocycles. The van der Waals surface area contributed by atoms with Gasteiger partial charge in [-0.1, -0.05) is 11.8 Å². The van der Waals surface area contributed by atoms with E-state index in [1.165, 1.54) is 19.2 Å². The average Bonchev–Trinajstić information content (AvgIpc) is 2.54. The fourth-order valence-corrected chi connectivity index (χ4v) is 1.89. The molecule has 2 N–H and O–H groups in total. The first kappa shape index (κ1) is 17.4. The molecule has 0 bridgehead atoms. The van der Waals surface area contributed by atoms with Gasteiger partial charge in [0.2, 0.25) is 0 Å². The summed E-state index contributed by atoms with van der Waals surface area (Å²) in [6.07, 6.45) is 0. The zero-order valence-electron chi connectivity index (χ0n) is 12.5. The molecule has 2 aromatic carbocycles. The number of nitrogens with one attached hydrogen (secondary N) is 1. The van der Waals surface area contributed by atoms with Gasteiger partial charge < -0.3 is 15.2 Å². The first-order chi connectivity index (χ1) is 11.4. The van der Waals surface area contributed by atoms with Gasteiger partial charge in [-0.2, -0.15) is 0 Å². The molecule has 2 aromatic rings. The molecular weight excluding hydrogens is 323 g/mol. The van der Waals surface area contributed by atoms with Crippen molar-refractivity contribution in [2.45, 2.75) is 0 Å². The van der Waals surface area contributed by atoms with Crippen molar-refractivity contribution >= 4 is 17.3 Å². The molecule has 0 amide bonds. The van der Waals surface area contributed by atoms with Crippen LogP contribution in [-0.2, 0) is 4.74 Å². The third-order valence-corrected chi connectivity index (χ3v) is 3.00. The van der Waals surface area contributed by atoms with Crippen LogP contribution in [0, 0.1) is 29.3 Å². The van der Waals surface area contributed by atoms with Crippen molar-refractivity contribution in [3.63, 3.8) is 0 Å². The first-order valence-electron chi connectivity index (χ1n) is 6.69. The average molecular weight is 335 g/mol. The molecule has 7 heteroatoms. The summed E-state index contributed by atoms with van der Waals surface area (Å²) in [4.78, 5) is 11.1. The third kappa shape index (κ3) is 3.86. The van der Waals surface area contributed by atoms with E-state index in [9.17, 15) is 18.0 Å². The SMILES string of the molecule is COCC#Cc1ccc(Nc2c(C(=O)O)ccc(F)c2F)c(F)c1. The summed E-state index contributed by atoms with van der Waals surface area (Å²) >= 11 is 0. The summed E-state index contributed by atoms with van der Waals surface area (Å²) in [5.41, 5.74) is -1.02. The largest absolute Gasteiger partial charge is 0.478 e. The van der Waals surface area contributed by atoms with Crippen LogP contribution in [0.2, 0.25) is 0 Å². The maximum atomic E-state index is 14.1. The van der Waals surface area contributed by atoms with Gasteiger partial charge >= 0.3 is 5.97 Å². The predicted octanol–water partition coefficient (Wildman–Crippen LogP) is 3.54. The van der Waals surface area contributed by atoms with Gasteiger partial charge in [-0.25, -0.2) is 18.0 Å². The van der Waals surface area contributed by atoms with E-state index in [2.05, 4.69) is 17.2 Å². The molecule has 0 radical (unpaired) electrons. The van der Waals surface area contributed by atoms with Crippen molar-refractivity contribution in [3.05, 3.63) is 58.9 Å². The molecule has 0 aliphatic heterocycles. The highest BCUT2D eigenvalue weighted by Gasteiger charge is 2.19. The van der Waals surface area contributed by atoms with Crippen molar-refractivity contribution in [1.29, 1.82) is 0 Å². The first-order valence-corrected chi connectivity index (χ1v) is 6.69. The highest BCUT2D eigenvalue weighted by molar-refractivity contribution is 5.95. The number of benzene rings is 2. The van der Waals surface area contributed by atoms with Crippen LogP contribution in [0.3, 0.4) is 0 Å². The highest BCUT2D eigenvalue weighted by atomic mass is 19.2. The topological polar surface area (TPSA) is 58.6 Å². The third-order valence-electron chi connectivity index (χ3n) is 3.00. The Morgan fingerprint density at radius 1 is 1.21 bits per heavy atom. The lowest BCUT2D eigenvalue weighted by atomic mass is 10.1. The Bertz CT molecular complexity index is 841. The molecule has 0 saturated heterocycles. The number of hydrogen-bond donors (Lipinski definition) is 2. The van der Waals surface area contributed by atoms with E-state index in [-0.39, 0.29) is 12.3 Å². The Kier molecular flexibility index (Phi) is 5.45. The molecule has 0 aromatic heterocycles. The minimum Gasteiger partial charge on any atom is -0.478 e. The highest BCUT2D eigenvalue weighted by Crippen LogP contribution is 2.28. The van der Waals surface area contributed by atoms with E-state index < -0.39 is 34.7 Å². The molecule has 4 nitrogen and oxygen atoms in total. The van der Waals surface area contributed by atoms with Crippen LogP contribution < -0.4 is 5.32 Å². The molecule has 0 unspecified atom stereocenters. The Morgan fingerprint density at radius 3 is 2.58 bits per heavy atom. The minimum absolute atomic E-state index is 0.179. The van der Waals surface area contributed by atoms with Crippen LogP contribution in [0.1, 0.15) is 15.9 Å². The second-order valence-electron chi connectivity index (χ2n) is 4.64. The Labute approximate surface area is 135 Å². The molecule has 0 fully saturated rings. The van der Waals surface area contributed by atoms with E-state index >= 15 is 0 Å². The van der Waals surface area contributed by atoms with Crippen molar-refractivity contribution < 1.29 is 27.8 Å². The lowest BCUT2D eigenvalue weighted by Gasteiger charge is -2.12. The van der Waals surface area contributed by atoms with E-state index in [1.807, 2.05) is 0 Å². The standard InChI is InChI=1S/C17H12F3NO3/c1-24-8-2-3-10-4-7-14(13(19)9-10)21-16-11(17(22)23)5-6-12(18)15(16)20/h4-7,9,21H,8H2,1H3,(H,22,23). The van der Waals surface area contributed by atoms with Gasteiger partial charge in [0.05, 0.1) is 16.9 Å². The zero-order chi connectivity index (χ0) is 17.7. The summed E-state index contributed by atoms with van der Waals surface area (Å²) in [5.74, 6) is 0.383. The molecule has 124 valence electrons. The van der Waals surface area contributed by atoms with Crippen LogP contribution in [-0.4, -0.2) is 24.8 Å². The summed E-state index contributed by atoms with van der Waals surface area (Å²) in [6, 6.07) is 5.37. The summed E-state index contributed by atoms with van der Waals surface area (Å²) in [6.45, 7) is 0.179. The Morgan fingerprint density at radius 2 is 1.96 bits per heavy atom. The number of halogens is 3. The normalized spacial score (nSPS) is 10.0. The van der Waals surface area contributed by atoms with Gasteiger partial charge in [0.15, 0.2) is 11.6 Å². The number of aromatic carboxylic acids is 1. The van der Waals surface area contributed by atoms with E-state index in [0.29, 0.717) is 11.6 Å². The quantitative estimate of drug-likeness (QED) is 0.839. The van der Waals surface area contributed by atoms with Gasteiger partial charge in [-0.3, -0.25) is 0 Å². The summed E-state index contributed by atoms with van der Waals surface area (Å²) < 4.78 is 46.0. The van der Waals surface area contributed by atoms with Gasteiger partial charge in [-0.05, 0) is 30.3 Å². The number of anilines is 2. The smallest absolute Gasteiger partial charge is 0.337 e. The van der Waals surface area contributed by atoms with Gasteiger partial charge in [0.25, 0.3) is 0 Å². The molecule has 0 aliphatic rings. The number of carboxylic acids is 1. The number of carbonyl (C=O) groups is 1. The molecule has 0 aliphatic carbocycles. The summed E-state index contributed by atoms with van der Waals surface area (Å²) in [7, 11) is 1.47. The molecular formula is C17H12F3NO3. The predicted molar refractivity (Wildman–Crippen MR) is 81.8 cm³/mol. The lowest BCUT2D eigenvalue weighted by Crippen LogP contribution is -2.07. The summed E-state index contributed by atoms with van der Waals surface area (Å²) in [5, 5.41) is 11.3. The van der Waals surface area contributed by atoms with Crippen molar-refractivity contribution in [1.82, 2.24) is 0 Å². The fourth-order valence-electron chi connectivity index (χ4n) is 1.89. The molecule has 0 spiro atoms. The Balaban J connectivity index is 2.37. The second kappa shape index (κ2) is 7.53. The van der Waals surface area contributed by atoms with Gasteiger partial charge in [-0.15, -0.1) is 0 Å². The molecule has 0 atom stereocenters. The number of hydrogen-bond acceptors (Lipinski definition) is 3. The van der Waals surface area contributed by atoms with Crippen LogP contribution >= 0.6 is 0 Å². The van der Waals surface area contributed by atoms with Crippen LogP contribution in [0.15, 0.2) is 30.3 Å². The van der Waals surface area contributed by atoms with Gasteiger partial charge in [0, 0.05) is 12.7 Å². The molecule has 2 rings (SSSR count). The number of ether oxygens (including phenoxy) is 1. The lowest BCUT2D eigenvalue weighted by molar-refractivity contribution is 0.0697.